The van der Waals surface area contributed by atoms with Gasteiger partial charge >= 0.3 is 11.4 Å². The summed E-state index contributed by atoms with van der Waals surface area (Å²) in [4.78, 5) is 73.0. The van der Waals surface area contributed by atoms with E-state index in [-0.39, 0.29) is 71.1 Å². The number of nitrogens with zero attached hydrogens (tertiary/aromatic N) is 5. The predicted octanol–water partition coefficient (Wildman–Crippen LogP) is 2.13. The van der Waals surface area contributed by atoms with Crippen LogP contribution in [0.15, 0.2) is 83.2 Å². The number of aliphatic hydroxyl groups excluding tert-OH is 1. The zero-order chi connectivity index (χ0) is 35.4. The van der Waals surface area contributed by atoms with Gasteiger partial charge in [0.25, 0.3) is 5.56 Å². The third-order valence-electron chi connectivity index (χ3n) is 9.48. The highest BCUT2D eigenvalue weighted by Gasteiger charge is 2.45. The van der Waals surface area contributed by atoms with Gasteiger partial charge in [0, 0.05) is 67.3 Å². The van der Waals surface area contributed by atoms with Crippen LogP contribution in [-0.2, 0) is 36.1 Å². The molecule has 0 saturated heterocycles. The topological polar surface area (TPSA) is 166 Å². The van der Waals surface area contributed by atoms with Crippen LogP contribution in [0.1, 0.15) is 29.6 Å². The summed E-state index contributed by atoms with van der Waals surface area (Å²) in [5.74, 6) is -0.0528. The maximum atomic E-state index is 14.1. The number of Topliss-reactive ketones (excluding diaryl/α,β-unsaturated/α-hetero) is 1. The van der Waals surface area contributed by atoms with Crippen LogP contribution in [0.5, 0.6) is 17.2 Å². The van der Waals surface area contributed by atoms with E-state index >= 15 is 0 Å². The van der Waals surface area contributed by atoms with Crippen LogP contribution in [-0.4, -0.2) is 67.6 Å². The van der Waals surface area contributed by atoms with Crippen LogP contribution in [0.2, 0.25) is 0 Å². The molecule has 0 bridgehead atoms. The van der Waals surface area contributed by atoms with Crippen LogP contribution >= 0.6 is 22.6 Å². The van der Waals surface area contributed by atoms with Gasteiger partial charge in [-0.25, -0.2) is 28.5 Å². The molecule has 0 fully saturated rings. The highest BCUT2D eigenvalue weighted by Crippen LogP contribution is 2.51. The van der Waals surface area contributed by atoms with Crippen molar-refractivity contribution in [3.8, 4) is 17.2 Å². The van der Waals surface area contributed by atoms with Crippen molar-refractivity contribution in [3.63, 3.8) is 0 Å². The number of aryl methyl sites for hydroxylation is 2. The lowest BCUT2D eigenvalue weighted by atomic mass is 9.68. The summed E-state index contributed by atoms with van der Waals surface area (Å²) in [6.45, 7) is -0.295. The molecule has 0 saturated carbocycles. The Kier molecular flexibility index (Phi) is 8.71. The van der Waals surface area contributed by atoms with Crippen molar-refractivity contribution < 1.29 is 28.9 Å². The van der Waals surface area contributed by atoms with Gasteiger partial charge in [0.15, 0.2) is 23.1 Å². The maximum Gasteiger partial charge on any atom is 0.347 e. The van der Waals surface area contributed by atoms with Gasteiger partial charge in [-0.15, -0.1) is 0 Å². The Labute approximate surface area is 297 Å². The fourth-order valence-electron chi connectivity index (χ4n) is 7.16. The molecule has 0 radical (unpaired) electrons. The summed E-state index contributed by atoms with van der Waals surface area (Å²) in [5.41, 5.74) is 1.48. The van der Waals surface area contributed by atoms with Crippen molar-refractivity contribution in [2.45, 2.75) is 37.9 Å². The quantitative estimate of drug-likeness (QED) is 0.151. The van der Waals surface area contributed by atoms with Gasteiger partial charge in [-0.05, 0) is 34.2 Å². The van der Waals surface area contributed by atoms with E-state index in [4.69, 9.17) is 14.2 Å². The molecule has 2 aliphatic carbocycles. The number of hydrogen-bond donors (Lipinski definition) is 1. The zero-order valence-electron chi connectivity index (χ0n) is 27.3. The minimum Gasteiger partial charge on any atom is -0.493 e. The number of hydrogen-bond acceptors (Lipinski definition) is 10. The highest BCUT2D eigenvalue weighted by atomic mass is 127. The zero-order valence-corrected chi connectivity index (χ0v) is 29.5. The van der Waals surface area contributed by atoms with E-state index in [1.165, 1.54) is 34.2 Å². The van der Waals surface area contributed by atoms with Gasteiger partial charge in [0.05, 0.1) is 48.0 Å². The lowest BCUT2D eigenvalue weighted by Crippen LogP contribution is -2.40. The van der Waals surface area contributed by atoms with E-state index in [2.05, 4.69) is 4.98 Å². The highest BCUT2D eigenvalue weighted by molar-refractivity contribution is 14.1. The van der Waals surface area contributed by atoms with Crippen LogP contribution in [0.4, 0.5) is 0 Å². The summed E-state index contributed by atoms with van der Waals surface area (Å²) >= 11 is 1.87. The van der Waals surface area contributed by atoms with E-state index in [1.807, 2.05) is 28.7 Å². The first-order chi connectivity index (χ1) is 24.1. The molecule has 1 N–H and O–H groups in total. The molecule has 258 valence electrons. The van der Waals surface area contributed by atoms with Crippen molar-refractivity contribution in [1.82, 2.24) is 23.5 Å². The molecule has 1 aliphatic heterocycles. The number of ether oxygens (including phenoxy) is 3. The number of aromatic nitrogens is 5. The standard InChI is InChI=1S/C35H32IN5O9/c1-38-25-17-29(49-3)28(48-2)16-23(25)37-22(33(38)45)9-10-39-34(46)40-11-8-18-24(41(40)35(39)47)14-20-26(43)15-21(36)32(44)31(20)30(18)19-6-4-5-7-27(19)50-13-12-42/h4-8,15-17,24,30,42H,9-14H2,1-3H3. The molecule has 2 aromatic carbocycles. The second kappa shape index (κ2) is 13.0. The molecule has 4 aromatic rings. The number of fused-ring (bicyclic) bond motifs is 4. The predicted molar refractivity (Wildman–Crippen MR) is 189 cm³/mol. The lowest BCUT2D eigenvalue weighted by molar-refractivity contribution is -0.115. The fourth-order valence-corrected chi connectivity index (χ4v) is 7.73. The second-order valence-electron chi connectivity index (χ2n) is 12.1. The molecule has 0 amide bonds. The normalized spacial score (nSPS) is 18.3. The number of halogens is 1. The number of carbonyl (C=O) groups is 2. The van der Waals surface area contributed by atoms with Crippen molar-refractivity contribution in [3.05, 3.63) is 111 Å². The molecule has 3 heterocycles. The number of aliphatic hydroxyl groups is 1. The minimum absolute atomic E-state index is 0.00914. The van der Waals surface area contributed by atoms with Crippen LogP contribution in [0, 0.1) is 0 Å². The van der Waals surface area contributed by atoms with E-state index in [9.17, 15) is 29.1 Å². The van der Waals surface area contributed by atoms with Crippen molar-refractivity contribution in [1.29, 1.82) is 0 Å². The van der Waals surface area contributed by atoms with Crippen LogP contribution < -0.4 is 31.1 Å². The average molecular weight is 794 g/mol. The molecular weight excluding hydrogens is 761 g/mol. The largest absolute Gasteiger partial charge is 0.493 e. The number of rotatable bonds is 9. The van der Waals surface area contributed by atoms with Crippen LogP contribution in [0.25, 0.3) is 11.0 Å². The molecule has 2 atom stereocenters. The Balaban J connectivity index is 1.30. The molecular formula is C35H32IN5O9. The van der Waals surface area contributed by atoms with Gasteiger partial charge in [-0.3, -0.25) is 14.4 Å². The van der Waals surface area contributed by atoms with Crippen molar-refractivity contribution in [2.75, 3.05) is 27.4 Å². The van der Waals surface area contributed by atoms with E-state index in [1.54, 1.807) is 43.4 Å². The van der Waals surface area contributed by atoms with E-state index in [0.717, 1.165) is 4.57 Å². The summed E-state index contributed by atoms with van der Waals surface area (Å²) in [6, 6.07) is 9.65. The molecule has 15 heteroatoms. The van der Waals surface area contributed by atoms with E-state index < -0.39 is 23.3 Å². The Morgan fingerprint density at radius 3 is 2.48 bits per heavy atom. The third kappa shape index (κ3) is 5.26. The summed E-state index contributed by atoms with van der Waals surface area (Å²) in [5, 5.41) is 9.46. The third-order valence-corrected chi connectivity index (χ3v) is 10.3. The Hall–Kier alpha value is -5.03. The molecule has 2 unspecified atom stereocenters. The molecule has 7 rings (SSSR count). The monoisotopic (exact) mass is 793 g/mol. The first-order valence-electron chi connectivity index (χ1n) is 15.8. The van der Waals surface area contributed by atoms with Crippen molar-refractivity contribution in [2.24, 2.45) is 7.05 Å². The lowest BCUT2D eigenvalue weighted by Gasteiger charge is -2.39. The van der Waals surface area contributed by atoms with Gasteiger partial charge in [-0.2, -0.15) is 0 Å². The van der Waals surface area contributed by atoms with Gasteiger partial charge < -0.3 is 23.9 Å². The fraction of sp³-hybridized carbons (Fsp3) is 0.314. The summed E-state index contributed by atoms with van der Waals surface area (Å²) in [6.07, 6.45) is 3.15. The van der Waals surface area contributed by atoms with E-state index in [0.29, 0.717) is 45.0 Å². The summed E-state index contributed by atoms with van der Waals surface area (Å²) in [7, 11) is 4.60. The molecule has 50 heavy (non-hydrogen) atoms. The first-order valence-corrected chi connectivity index (χ1v) is 16.9. The number of carbonyl (C=O) groups excluding carboxylic acids is 2. The Bertz CT molecular complexity index is 2390. The van der Waals surface area contributed by atoms with Gasteiger partial charge in [0.2, 0.25) is 0 Å². The van der Waals surface area contributed by atoms with Gasteiger partial charge in [0.1, 0.15) is 18.1 Å². The number of methoxy groups -OCH3 is 2. The first kappa shape index (κ1) is 33.5. The second-order valence-corrected chi connectivity index (χ2v) is 13.2. The molecule has 2 aromatic heterocycles. The molecule has 0 spiro atoms. The average Bonchev–Trinajstić information content (AvgIpc) is 3.37. The number of allylic oxidation sites excluding steroid dienone is 6. The number of para-hydroxylation sites is 1. The van der Waals surface area contributed by atoms with Crippen LogP contribution in [0.3, 0.4) is 0 Å². The smallest absolute Gasteiger partial charge is 0.347 e. The molecule has 3 aliphatic rings. The molecule has 14 nitrogen and oxygen atoms in total. The SMILES string of the molecule is COc1cc2nc(CCn3c(=O)n4n(c3=O)C3CC5=C(C(=O)C(I)=CC5=O)C(c5ccccc5OCCO)C3=CC4)c(=O)n(C)c2cc1OC. The van der Waals surface area contributed by atoms with Crippen molar-refractivity contribution >= 4 is 45.2 Å². The Morgan fingerprint density at radius 1 is 1.00 bits per heavy atom. The number of benzene rings is 2. The minimum atomic E-state index is -0.755. The number of ketones is 2. The van der Waals surface area contributed by atoms with Gasteiger partial charge in [-0.1, -0.05) is 24.3 Å². The summed E-state index contributed by atoms with van der Waals surface area (Å²) < 4.78 is 22.1. The maximum absolute atomic E-state index is 14.1. The Morgan fingerprint density at radius 2 is 1.74 bits per heavy atom.